The van der Waals surface area contributed by atoms with Crippen LogP contribution in [0.15, 0.2) is 18.7 Å². The van der Waals surface area contributed by atoms with Gasteiger partial charge < -0.3 is 4.98 Å². The molecule has 0 radical (unpaired) electrons. The monoisotopic (exact) mass is 218 g/mol. The van der Waals surface area contributed by atoms with Crippen molar-refractivity contribution in [2.24, 2.45) is 0 Å². The molecule has 1 aromatic heterocycles. The van der Waals surface area contributed by atoms with Crippen LogP contribution < -0.4 is 0 Å². The molecule has 0 amide bonds. The Balaban J connectivity index is 0.000000243. The lowest BCUT2D eigenvalue weighted by Crippen LogP contribution is -2.29. The minimum Gasteiger partial charge on any atom is -0.351 e. The minimum absolute atomic E-state index is 0.342. The number of nitrogens with one attached hydrogen (secondary N) is 1. The molecule has 0 saturated heterocycles. The van der Waals surface area contributed by atoms with Crippen LogP contribution in [0.3, 0.4) is 0 Å². The number of halogens is 1. The molecule has 0 saturated carbocycles. The van der Waals surface area contributed by atoms with Crippen molar-refractivity contribution in [1.82, 2.24) is 9.97 Å². The second-order valence-electron chi connectivity index (χ2n) is 4.48. The topological polar surface area (TPSA) is 28.7 Å². The van der Waals surface area contributed by atoms with Gasteiger partial charge in [0.25, 0.3) is 0 Å². The molecule has 0 spiro atoms. The van der Waals surface area contributed by atoms with Gasteiger partial charge in [-0.05, 0) is 5.04 Å². The first-order valence-electron chi connectivity index (χ1n) is 4.37. The molecule has 0 aliphatic heterocycles. The lowest BCUT2D eigenvalue weighted by molar-refractivity contribution is 0.735. The van der Waals surface area contributed by atoms with Crippen LogP contribution in [-0.4, -0.2) is 17.4 Å². The van der Waals surface area contributed by atoms with E-state index in [2.05, 4.69) is 43.8 Å². The number of aromatic amines is 1. The maximum Gasteiger partial charge on any atom is 0.155 e. The lowest BCUT2D eigenvalue weighted by atomic mass is 10.2. The highest BCUT2D eigenvalue weighted by Crippen LogP contribution is 2.38. The van der Waals surface area contributed by atoms with Gasteiger partial charge in [-0.25, -0.2) is 4.98 Å². The second-order valence-corrected chi connectivity index (χ2v) is 11.8. The molecule has 1 rings (SSSR count). The van der Waals surface area contributed by atoms with Crippen LogP contribution in [0.1, 0.15) is 20.8 Å². The van der Waals surface area contributed by atoms with Crippen molar-refractivity contribution < 1.29 is 0 Å². The van der Waals surface area contributed by atoms with Gasteiger partial charge in [0.1, 0.15) is 0 Å². The maximum absolute atomic E-state index is 6.15. The Morgan fingerprint density at radius 2 is 1.77 bits per heavy atom. The summed E-state index contributed by atoms with van der Waals surface area (Å²) in [6.07, 6.45) is 5.08. The fraction of sp³-hybridized carbons (Fsp3) is 0.667. The van der Waals surface area contributed by atoms with Gasteiger partial charge >= 0.3 is 0 Å². The molecule has 2 nitrogen and oxygen atoms in total. The number of rotatable bonds is 0. The summed E-state index contributed by atoms with van der Waals surface area (Å²) >= 11 is 6.15. The van der Waals surface area contributed by atoms with Crippen molar-refractivity contribution in [2.75, 3.05) is 0 Å². The summed E-state index contributed by atoms with van der Waals surface area (Å²) < 4.78 is 0. The normalized spacial score (nSPS) is 11.8. The molecule has 76 valence electrons. The van der Waals surface area contributed by atoms with E-state index in [-0.39, 0.29) is 0 Å². The van der Waals surface area contributed by atoms with Crippen molar-refractivity contribution >= 4 is 18.5 Å². The predicted octanol–water partition coefficient (Wildman–Crippen LogP) is 3.64. The Labute approximate surface area is 86.4 Å². The minimum atomic E-state index is -1.39. The van der Waals surface area contributed by atoms with Gasteiger partial charge in [0.05, 0.1) is 6.33 Å². The average Bonchev–Trinajstić information content (AvgIpc) is 2.35. The molecular weight excluding hydrogens is 200 g/mol. The second kappa shape index (κ2) is 4.82. The largest absolute Gasteiger partial charge is 0.351 e. The van der Waals surface area contributed by atoms with Gasteiger partial charge in [0, 0.05) is 12.4 Å². The zero-order valence-corrected chi connectivity index (χ0v) is 10.8. The molecule has 4 heteroatoms. The third-order valence-corrected chi connectivity index (χ3v) is 7.46. The molecule has 1 aromatic rings. The molecular formula is C9H19ClN2Si. The van der Waals surface area contributed by atoms with E-state index in [1.54, 1.807) is 18.7 Å². The van der Waals surface area contributed by atoms with E-state index < -0.39 is 7.38 Å². The van der Waals surface area contributed by atoms with Crippen LogP contribution in [0.4, 0.5) is 0 Å². The van der Waals surface area contributed by atoms with Crippen LogP contribution >= 0.6 is 11.1 Å². The molecule has 0 aromatic carbocycles. The number of aromatic nitrogens is 2. The summed E-state index contributed by atoms with van der Waals surface area (Å²) in [5, 5.41) is 0.342. The van der Waals surface area contributed by atoms with E-state index in [4.69, 9.17) is 11.1 Å². The molecule has 0 fully saturated rings. The lowest BCUT2D eigenvalue weighted by Gasteiger charge is -2.29. The first-order valence-corrected chi connectivity index (χ1v) is 8.38. The first kappa shape index (κ1) is 12.7. The van der Waals surface area contributed by atoms with Gasteiger partial charge in [0.2, 0.25) is 0 Å². The summed E-state index contributed by atoms with van der Waals surface area (Å²) in [4.78, 5) is 6.42. The zero-order valence-electron chi connectivity index (χ0n) is 9.06. The standard InChI is InChI=1S/C6H15ClSi.C3H4N2/c1-6(2,3)8(4,5)7;1-2-5-3-4-1/h1-5H3;1-3H,(H,4,5). The molecule has 1 N–H and O–H groups in total. The van der Waals surface area contributed by atoms with Crippen LogP contribution in [0.25, 0.3) is 0 Å². The zero-order chi connectivity index (χ0) is 10.5. The smallest absolute Gasteiger partial charge is 0.155 e. The van der Waals surface area contributed by atoms with Gasteiger partial charge in [0.15, 0.2) is 7.38 Å². The molecule has 0 aliphatic carbocycles. The number of hydrogen-bond acceptors (Lipinski definition) is 1. The Morgan fingerprint density at radius 3 is 1.85 bits per heavy atom. The van der Waals surface area contributed by atoms with Gasteiger partial charge in [-0.2, -0.15) is 11.1 Å². The number of H-pyrrole nitrogens is 1. The van der Waals surface area contributed by atoms with E-state index in [1.807, 2.05) is 0 Å². The highest BCUT2D eigenvalue weighted by atomic mass is 35.6. The molecule has 0 unspecified atom stereocenters. The summed E-state index contributed by atoms with van der Waals surface area (Å²) in [6, 6.07) is 0. The van der Waals surface area contributed by atoms with E-state index in [0.29, 0.717) is 5.04 Å². The number of nitrogens with zero attached hydrogens (tertiary/aromatic N) is 1. The third-order valence-electron chi connectivity index (χ3n) is 2.19. The van der Waals surface area contributed by atoms with E-state index in [9.17, 15) is 0 Å². The Hall–Kier alpha value is -0.283. The van der Waals surface area contributed by atoms with Crippen molar-refractivity contribution in [3.63, 3.8) is 0 Å². The van der Waals surface area contributed by atoms with Crippen molar-refractivity contribution in [3.05, 3.63) is 18.7 Å². The summed E-state index contributed by atoms with van der Waals surface area (Å²) in [6.45, 7) is 11.0. The van der Waals surface area contributed by atoms with Crippen LogP contribution in [-0.2, 0) is 0 Å². The highest BCUT2D eigenvalue weighted by molar-refractivity contribution is 7.20. The van der Waals surface area contributed by atoms with E-state index >= 15 is 0 Å². The molecule has 0 aliphatic rings. The summed E-state index contributed by atoms with van der Waals surface area (Å²) in [7, 11) is -1.39. The first-order chi connectivity index (χ1) is 5.75. The van der Waals surface area contributed by atoms with Crippen LogP contribution in [0.2, 0.25) is 18.1 Å². The SMILES string of the molecule is CC(C)(C)[Si](C)(C)Cl.c1c[nH]cn1. The van der Waals surface area contributed by atoms with Crippen LogP contribution in [0, 0.1) is 0 Å². The van der Waals surface area contributed by atoms with Crippen molar-refractivity contribution in [1.29, 1.82) is 0 Å². The van der Waals surface area contributed by atoms with E-state index in [0.717, 1.165) is 0 Å². The Bertz CT molecular complexity index is 179. The Morgan fingerprint density at radius 1 is 1.31 bits per heavy atom. The number of imidazole rings is 1. The maximum atomic E-state index is 6.15. The molecule has 1 heterocycles. The van der Waals surface area contributed by atoms with Crippen molar-refractivity contribution in [3.8, 4) is 0 Å². The predicted molar refractivity (Wildman–Crippen MR) is 61.6 cm³/mol. The number of hydrogen-bond donors (Lipinski definition) is 1. The summed E-state index contributed by atoms with van der Waals surface area (Å²) in [5.74, 6) is 0. The fourth-order valence-corrected chi connectivity index (χ4v) is 0.215. The third kappa shape index (κ3) is 5.88. The van der Waals surface area contributed by atoms with Crippen molar-refractivity contribution in [2.45, 2.75) is 38.9 Å². The van der Waals surface area contributed by atoms with Gasteiger partial charge in [-0.1, -0.05) is 33.9 Å². The Kier molecular flexibility index (Phi) is 4.71. The highest BCUT2D eigenvalue weighted by Gasteiger charge is 2.32. The van der Waals surface area contributed by atoms with E-state index in [1.165, 1.54) is 0 Å². The van der Waals surface area contributed by atoms with Crippen LogP contribution in [0.5, 0.6) is 0 Å². The molecule has 0 bridgehead atoms. The fourth-order valence-electron chi connectivity index (χ4n) is 0.215. The molecule has 13 heavy (non-hydrogen) atoms. The average molecular weight is 219 g/mol. The molecule has 0 atom stereocenters. The quantitative estimate of drug-likeness (QED) is 0.523. The van der Waals surface area contributed by atoms with Gasteiger partial charge in [-0.15, -0.1) is 0 Å². The van der Waals surface area contributed by atoms with Gasteiger partial charge in [-0.3, -0.25) is 0 Å². The summed E-state index contributed by atoms with van der Waals surface area (Å²) in [5.41, 5.74) is 0.